The first-order valence-electron chi connectivity index (χ1n) is 2.79. The van der Waals surface area contributed by atoms with E-state index < -0.39 is 0 Å². The van der Waals surface area contributed by atoms with Crippen molar-refractivity contribution in [3.63, 3.8) is 0 Å². The third kappa shape index (κ3) is 1.10. The van der Waals surface area contributed by atoms with Crippen LogP contribution in [0.3, 0.4) is 0 Å². The lowest BCUT2D eigenvalue weighted by molar-refractivity contribution is 0.933. The molecule has 0 amide bonds. The average molecular weight is 233 g/mol. The Morgan fingerprint density at radius 3 is 3.00 bits per heavy atom. The number of nitrogens with zero attached hydrogens (tertiary/aromatic N) is 4. The van der Waals surface area contributed by atoms with Crippen LogP contribution in [0.1, 0.15) is 0 Å². The lowest BCUT2D eigenvalue weighted by Crippen LogP contribution is -1.89. The highest BCUT2D eigenvalue weighted by Gasteiger charge is 2.02. The van der Waals surface area contributed by atoms with Crippen LogP contribution in [-0.2, 0) is 0 Å². The van der Waals surface area contributed by atoms with Gasteiger partial charge in [0.1, 0.15) is 0 Å². The van der Waals surface area contributed by atoms with Gasteiger partial charge in [-0.25, -0.2) is 0 Å². The molecule has 0 saturated heterocycles. The Labute approximate surface area is 75.3 Å². The molecular weight excluding hydrogens is 231 g/mol. The van der Waals surface area contributed by atoms with E-state index in [1.165, 1.54) is 10.7 Å². The van der Waals surface area contributed by atoms with Crippen molar-refractivity contribution in [2.24, 2.45) is 0 Å². The Bertz CT molecular complexity index is 398. The van der Waals surface area contributed by atoms with E-state index in [9.17, 15) is 0 Å². The van der Waals surface area contributed by atoms with Crippen molar-refractivity contribution in [2.75, 3.05) is 0 Å². The van der Waals surface area contributed by atoms with Crippen LogP contribution in [0.25, 0.3) is 5.65 Å². The number of hydrogen-bond acceptors (Lipinski definition) is 3. The van der Waals surface area contributed by atoms with E-state index >= 15 is 0 Å². The minimum absolute atomic E-state index is 0.445. The number of fused-ring (bicyclic) bond motifs is 1. The highest BCUT2D eigenvalue weighted by molar-refractivity contribution is 9.10. The van der Waals surface area contributed by atoms with Crippen molar-refractivity contribution < 1.29 is 0 Å². The topological polar surface area (TPSA) is 43.1 Å². The Morgan fingerprint density at radius 1 is 1.45 bits per heavy atom. The fourth-order valence-corrected chi connectivity index (χ4v) is 1.28. The van der Waals surface area contributed by atoms with Gasteiger partial charge in [-0.05, 0) is 15.9 Å². The molecular formula is C5H2BrClN4. The van der Waals surface area contributed by atoms with Crippen LogP contribution in [0.5, 0.6) is 0 Å². The van der Waals surface area contributed by atoms with Gasteiger partial charge in [-0.15, -0.1) is 5.10 Å². The summed E-state index contributed by atoms with van der Waals surface area (Å²) in [6.45, 7) is 0. The zero-order valence-electron chi connectivity index (χ0n) is 5.20. The van der Waals surface area contributed by atoms with E-state index in [0.29, 0.717) is 15.5 Å². The van der Waals surface area contributed by atoms with Crippen molar-refractivity contribution in [1.82, 2.24) is 19.6 Å². The van der Waals surface area contributed by atoms with Crippen LogP contribution >= 0.6 is 27.5 Å². The largest absolute Gasteiger partial charge is 0.258 e. The molecule has 0 radical (unpaired) electrons. The zero-order chi connectivity index (χ0) is 7.84. The molecule has 56 valence electrons. The lowest BCUT2D eigenvalue weighted by Gasteiger charge is -1.90. The first kappa shape index (κ1) is 7.00. The third-order valence-electron chi connectivity index (χ3n) is 1.18. The summed E-state index contributed by atoms with van der Waals surface area (Å²) in [6.07, 6.45) is 3.10. The summed E-state index contributed by atoms with van der Waals surface area (Å²) >= 11 is 8.88. The molecule has 0 spiro atoms. The van der Waals surface area contributed by atoms with Crippen molar-refractivity contribution in [3.05, 3.63) is 22.3 Å². The molecule has 0 aromatic carbocycles. The van der Waals surface area contributed by atoms with Crippen molar-refractivity contribution in [1.29, 1.82) is 0 Å². The lowest BCUT2D eigenvalue weighted by atomic mass is 10.7. The normalized spacial score (nSPS) is 10.7. The molecule has 11 heavy (non-hydrogen) atoms. The Kier molecular flexibility index (Phi) is 1.54. The first-order chi connectivity index (χ1) is 5.27. The summed E-state index contributed by atoms with van der Waals surface area (Å²) in [5, 5.41) is 4.41. The molecule has 0 unspecified atom stereocenters. The summed E-state index contributed by atoms with van der Waals surface area (Å²) in [4.78, 5) is 7.85. The molecule has 0 bridgehead atoms. The molecule has 0 aliphatic carbocycles. The van der Waals surface area contributed by atoms with Crippen molar-refractivity contribution in [3.8, 4) is 0 Å². The van der Waals surface area contributed by atoms with Crippen LogP contribution in [0.4, 0.5) is 0 Å². The number of hydrogen-bond donors (Lipinski definition) is 0. The predicted molar refractivity (Wildman–Crippen MR) is 43.5 cm³/mol. The molecule has 0 atom stereocenters. The van der Waals surface area contributed by atoms with E-state index in [4.69, 9.17) is 11.6 Å². The quantitative estimate of drug-likeness (QED) is 0.693. The summed E-state index contributed by atoms with van der Waals surface area (Å²) in [5.41, 5.74) is 0.629. The van der Waals surface area contributed by atoms with Gasteiger partial charge in [-0.3, -0.25) is 4.98 Å². The molecule has 6 heteroatoms. The SMILES string of the molecule is Clc1cncc2nc(Br)nn12. The minimum Gasteiger partial charge on any atom is -0.258 e. The van der Waals surface area contributed by atoms with E-state index in [2.05, 4.69) is 31.0 Å². The highest BCUT2D eigenvalue weighted by atomic mass is 79.9. The van der Waals surface area contributed by atoms with Gasteiger partial charge in [0.2, 0.25) is 4.73 Å². The molecule has 0 N–H and O–H groups in total. The summed E-state index contributed by atoms with van der Waals surface area (Å²) in [6, 6.07) is 0. The number of halogens is 2. The number of rotatable bonds is 0. The van der Waals surface area contributed by atoms with E-state index in [1.54, 1.807) is 6.20 Å². The van der Waals surface area contributed by atoms with E-state index in [-0.39, 0.29) is 0 Å². The smallest absolute Gasteiger partial charge is 0.218 e. The van der Waals surface area contributed by atoms with Crippen LogP contribution in [-0.4, -0.2) is 19.6 Å². The van der Waals surface area contributed by atoms with Gasteiger partial charge in [0.25, 0.3) is 0 Å². The Hall–Kier alpha value is -0.680. The number of aromatic nitrogens is 4. The van der Waals surface area contributed by atoms with E-state index in [0.717, 1.165) is 0 Å². The molecule has 0 saturated carbocycles. The van der Waals surface area contributed by atoms with Gasteiger partial charge in [-0.1, -0.05) is 11.6 Å². The molecule has 2 heterocycles. The van der Waals surface area contributed by atoms with Crippen molar-refractivity contribution >= 4 is 33.2 Å². The summed E-state index contributed by atoms with van der Waals surface area (Å²) < 4.78 is 2.01. The minimum atomic E-state index is 0.445. The van der Waals surface area contributed by atoms with E-state index in [1.807, 2.05) is 0 Å². The van der Waals surface area contributed by atoms with Gasteiger partial charge >= 0.3 is 0 Å². The van der Waals surface area contributed by atoms with Crippen LogP contribution in [0.2, 0.25) is 5.15 Å². The molecule has 0 aliphatic heterocycles. The maximum absolute atomic E-state index is 5.75. The fraction of sp³-hybridized carbons (Fsp3) is 0. The van der Waals surface area contributed by atoms with Gasteiger partial charge in [0, 0.05) is 0 Å². The standard InChI is InChI=1S/C5H2BrClN4/c6-5-9-4-2-8-1-3(7)11(4)10-5/h1-2H. The molecule has 2 aromatic rings. The average Bonchev–Trinajstić information content (AvgIpc) is 2.31. The molecule has 4 nitrogen and oxygen atoms in total. The summed E-state index contributed by atoms with van der Waals surface area (Å²) in [7, 11) is 0. The van der Waals surface area contributed by atoms with Crippen molar-refractivity contribution in [2.45, 2.75) is 0 Å². The molecule has 0 fully saturated rings. The summed E-state index contributed by atoms with van der Waals surface area (Å²) in [5.74, 6) is 0. The molecule has 2 rings (SSSR count). The monoisotopic (exact) mass is 232 g/mol. The van der Waals surface area contributed by atoms with Gasteiger partial charge < -0.3 is 0 Å². The Balaban J connectivity index is 2.90. The maximum Gasteiger partial charge on any atom is 0.218 e. The van der Waals surface area contributed by atoms with Crippen LogP contribution < -0.4 is 0 Å². The van der Waals surface area contributed by atoms with Gasteiger partial charge in [-0.2, -0.15) is 9.50 Å². The zero-order valence-corrected chi connectivity index (χ0v) is 7.54. The third-order valence-corrected chi connectivity index (χ3v) is 1.77. The van der Waals surface area contributed by atoms with Crippen LogP contribution in [0, 0.1) is 0 Å². The van der Waals surface area contributed by atoms with Crippen LogP contribution in [0.15, 0.2) is 17.1 Å². The predicted octanol–water partition coefficient (Wildman–Crippen LogP) is 1.54. The second kappa shape index (κ2) is 2.42. The van der Waals surface area contributed by atoms with Gasteiger partial charge in [0.05, 0.1) is 12.4 Å². The maximum atomic E-state index is 5.75. The second-order valence-electron chi connectivity index (χ2n) is 1.88. The fourth-order valence-electron chi connectivity index (χ4n) is 0.759. The second-order valence-corrected chi connectivity index (χ2v) is 2.98. The Morgan fingerprint density at radius 2 is 2.27 bits per heavy atom. The van der Waals surface area contributed by atoms with Gasteiger partial charge in [0.15, 0.2) is 10.8 Å². The highest BCUT2D eigenvalue weighted by Crippen LogP contribution is 2.10. The molecule has 2 aromatic heterocycles. The molecule has 0 aliphatic rings. The first-order valence-corrected chi connectivity index (χ1v) is 3.96.